The van der Waals surface area contributed by atoms with E-state index in [2.05, 4.69) is 18.0 Å². The molecule has 3 N–H and O–H groups in total. The van der Waals surface area contributed by atoms with Crippen molar-refractivity contribution in [3.63, 3.8) is 0 Å². The Morgan fingerprint density at radius 3 is 2.94 bits per heavy atom. The Bertz CT molecular complexity index is 517. The van der Waals surface area contributed by atoms with E-state index in [9.17, 15) is 4.79 Å². The fourth-order valence-electron chi connectivity index (χ4n) is 1.81. The normalized spacial score (nSPS) is 10.6. The molecule has 84 valence electrons. The smallest absolute Gasteiger partial charge is 0.291 e. The van der Waals surface area contributed by atoms with Crippen molar-refractivity contribution in [3.05, 3.63) is 35.5 Å². The number of fused-ring (bicyclic) bond motifs is 1. The summed E-state index contributed by atoms with van der Waals surface area (Å²) in [6.45, 7) is 2.13. The van der Waals surface area contributed by atoms with Crippen molar-refractivity contribution in [2.24, 2.45) is 0 Å². The molecule has 4 nitrogen and oxygen atoms in total. The van der Waals surface area contributed by atoms with Gasteiger partial charge in [-0.15, -0.1) is 0 Å². The molecule has 1 aromatic carbocycles. The van der Waals surface area contributed by atoms with Crippen LogP contribution < -0.4 is 5.48 Å². The van der Waals surface area contributed by atoms with E-state index in [4.69, 9.17) is 5.21 Å². The molecule has 0 aliphatic carbocycles. The first-order chi connectivity index (χ1) is 7.74. The van der Waals surface area contributed by atoms with Crippen molar-refractivity contribution >= 4 is 16.8 Å². The average Bonchev–Trinajstić information content (AvgIpc) is 2.71. The van der Waals surface area contributed by atoms with Gasteiger partial charge in [0.1, 0.15) is 5.69 Å². The summed E-state index contributed by atoms with van der Waals surface area (Å²) in [4.78, 5) is 14.1. The van der Waals surface area contributed by atoms with Crippen LogP contribution in [0.25, 0.3) is 10.9 Å². The summed E-state index contributed by atoms with van der Waals surface area (Å²) >= 11 is 0. The van der Waals surface area contributed by atoms with Gasteiger partial charge in [-0.2, -0.15) is 0 Å². The van der Waals surface area contributed by atoms with Gasteiger partial charge in [0.25, 0.3) is 5.91 Å². The fourth-order valence-corrected chi connectivity index (χ4v) is 1.81. The predicted octanol–water partition coefficient (Wildman–Crippen LogP) is 2.24. The van der Waals surface area contributed by atoms with E-state index in [-0.39, 0.29) is 0 Å². The van der Waals surface area contributed by atoms with Crippen molar-refractivity contribution in [1.29, 1.82) is 0 Å². The number of hydrogen-bond acceptors (Lipinski definition) is 2. The minimum atomic E-state index is -0.520. The van der Waals surface area contributed by atoms with Crippen LogP contribution in [0, 0.1) is 0 Å². The van der Waals surface area contributed by atoms with Crippen molar-refractivity contribution in [2.45, 2.75) is 19.8 Å². The van der Waals surface area contributed by atoms with Gasteiger partial charge in [-0.3, -0.25) is 10.0 Å². The summed E-state index contributed by atoms with van der Waals surface area (Å²) in [5.74, 6) is -0.520. The Balaban J connectivity index is 2.41. The first-order valence-electron chi connectivity index (χ1n) is 5.30. The maximum absolute atomic E-state index is 11.2. The first-order valence-corrected chi connectivity index (χ1v) is 5.30. The zero-order valence-electron chi connectivity index (χ0n) is 9.08. The molecule has 0 fully saturated rings. The van der Waals surface area contributed by atoms with Crippen LogP contribution in [0.4, 0.5) is 0 Å². The van der Waals surface area contributed by atoms with Gasteiger partial charge in [-0.1, -0.05) is 19.4 Å². The van der Waals surface area contributed by atoms with Crippen LogP contribution in [0.15, 0.2) is 24.3 Å². The third-order valence-corrected chi connectivity index (χ3v) is 2.57. The van der Waals surface area contributed by atoms with E-state index in [1.165, 1.54) is 5.56 Å². The number of amides is 1. The summed E-state index contributed by atoms with van der Waals surface area (Å²) in [5, 5.41) is 9.52. The number of carbonyl (C=O) groups excluding carboxylic acids is 1. The van der Waals surface area contributed by atoms with Gasteiger partial charge >= 0.3 is 0 Å². The second-order valence-electron chi connectivity index (χ2n) is 3.80. The zero-order valence-corrected chi connectivity index (χ0v) is 9.08. The number of aryl methyl sites for hydroxylation is 1. The van der Waals surface area contributed by atoms with Crippen molar-refractivity contribution in [3.8, 4) is 0 Å². The number of carbonyl (C=O) groups is 1. The molecular weight excluding hydrogens is 204 g/mol. The Kier molecular flexibility index (Phi) is 2.92. The summed E-state index contributed by atoms with van der Waals surface area (Å²) in [6.07, 6.45) is 2.13. The molecule has 1 amide bonds. The van der Waals surface area contributed by atoms with E-state index < -0.39 is 5.91 Å². The molecule has 0 saturated carbocycles. The second-order valence-corrected chi connectivity index (χ2v) is 3.80. The molecular formula is C12H14N2O2. The van der Waals surface area contributed by atoms with E-state index in [1.807, 2.05) is 12.1 Å². The lowest BCUT2D eigenvalue weighted by atomic mass is 10.1. The third kappa shape index (κ3) is 1.92. The van der Waals surface area contributed by atoms with Crippen LogP contribution in [0.2, 0.25) is 0 Å². The van der Waals surface area contributed by atoms with Crippen LogP contribution in [-0.2, 0) is 6.42 Å². The summed E-state index contributed by atoms with van der Waals surface area (Å²) in [6, 6.07) is 7.79. The number of benzene rings is 1. The molecule has 0 bridgehead atoms. The molecule has 0 unspecified atom stereocenters. The molecule has 0 aliphatic rings. The van der Waals surface area contributed by atoms with E-state index in [0.717, 1.165) is 23.7 Å². The Morgan fingerprint density at radius 2 is 2.25 bits per heavy atom. The average molecular weight is 218 g/mol. The topological polar surface area (TPSA) is 65.1 Å². The lowest BCUT2D eigenvalue weighted by molar-refractivity contribution is 0.0701. The van der Waals surface area contributed by atoms with Crippen LogP contribution in [0.5, 0.6) is 0 Å². The number of hydroxylamine groups is 1. The molecule has 1 heterocycles. The molecule has 0 atom stereocenters. The zero-order chi connectivity index (χ0) is 11.5. The van der Waals surface area contributed by atoms with Crippen LogP contribution >= 0.6 is 0 Å². The van der Waals surface area contributed by atoms with Gasteiger partial charge in [0, 0.05) is 10.9 Å². The molecule has 4 heteroatoms. The monoisotopic (exact) mass is 218 g/mol. The maximum atomic E-state index is 11.2. The van der Waals surface area contributed by atoms with Crippen molar-refractivity contribution in [1.82, 2.24) is 10.5 Å². The summed E-state index contributed by atoms with van der Waals surface area (Å²) in [7, 11) is 0. The highest BCUT2D eigenvalue weighted by Gasteiger charge is 2.08. The highest BCUT2D eigenvalue weighted by Crippen LogP contribution is 2.18. The molecule has 0 radical (unpaired) electrons. The largest absolute Gasteiger partial charge is 0.350 e. The van der Waals surface area contributed by atoms with Gasteiger partial charge in [-0.25, -0.2) is 5.48 Å². The Morgan fingerprint density at radius 1 is 1.44 bits per heavy atom. The number of H-pyrrole nitrogens is 1. The van der Waals surface area contributed by atoms with E-state index in [1.54, 1.807) is 11.5 Å². The molecule has 2 rings (SSSR count). The third-order valence-electron chi connectivity index (χ3n) is 2.57. The lowest BCUT2D eigenvalue weighted by Crippen LogP contribution is -2.18. The Labute approximate surface area is 93.2 Å². The predicted molar refractivity (Wildman–Crippen MR) is 61.5 cm³/mol. The number of rotatable bonds is 3. The molecule has 2 aromatic rings. The molecule has 16 heavy (non-hydrogen) atoms. The highest BCUT2D eigenvalue weighted by atomic mass is 16.5. The number of aromatic amines is 1. The second kappa shape index (κ2) is 4.37. The minimum absolute atomic E-state index is 0.367. The van der Waals surface area contributed by atoms with Gasteiger partial charge < -0.3 is 4.98 Å². The minimum Gasteiger partial charge on any atom is -0.350 e. The SMILES string of the molecule is CCCc1ccc2[nH]c(C(=O)NO)cc2c1. The van der Waals surface area contributed by atoms with Crippen LogP contribution in [0.3, 0.4) is 0 Å². The maximum Gasteiger partial charge on any atom is 0.291 e. The number of nitrogens with one attached hydrogen (secondary N) is 2. The van der Waals surface area contributed by atoms with Crippen LogP contribution in [-0.4, -0.2) is 16.1 Å². The van der Waals surface area contributed by atoms with Crippen molar-refractivity contribution in [2.75, 3.05) is 0 Å². The van der Waals surface area contributed by atoms with Gasteiger partial charge in [0.15, 0.2) is 0 Å². The van der Waals surface area contributed by atoms with Gasteiger partial charge in [-0.05, 0) is 30.2 Å². The van der Waals surface area contributed by atoms with Gasteiger partial charge in [0.2, 0.25) is 0 Å². The standard InChI is InChI=1S/C12H14N2O2/c1-2-3-8-4-5-10-9(6-8)7-11(13-10)12(15)14-16/h4-7,13,16H,2-3H2,1H3,(H,14,15). The highest BCUT2D eigenvalue weighted by molar-refractivity contribution is 5.97. The number of hydrogen-bond donors (Lipinski definition) is 3. The molecule has 0 spiro atoms. The molecule has 1 aromatic heterocycles. The fraction of sp³-hybridized carbons (Fsp3) is 0.250. The van der Waals surface area contributed by atoms with Crippen LogP contribution in [0.1, 0.15) is 29.4 Å². The number of aromatic nitrogens is 1. The van der Waals surface area contributed by atoms with E-state index in [0.29, 0.717) is 5.69 Å². The molecule has 0 aliphatic heterocycles. The molecule has 0 saturated heterocycles. The quantitative estimate of drug-likeness (QED) is 0.546. The van der Waals surface area contributed by atoms with E-state index >= 15 is 0 Å². The summed E-state index contributed by atoms with van der Waals surface area (Å²) in [5.41, 5.74) is 4.13. The van der Waals surface area contributed by atoms with Crippen molar-refractivity contribution < 1.29 is 10.0 Å². The first kappa shape index (κ1) is 10.7. The summed E-state index contributed by atoms with van der Waals surface area (Å²) < 4.78 is 0. The van der Waals surface area contributed by atoms with Gasteiger partial charge in [0.05, 0.1) is 0 Å². The Hall–Kier alpha value is -1.81. The lowest BCUT2D eigenvalue weighted by Gasteiger charge is -1.97.